The Morgan fingerprint density at radius 1 is 1.27 bits per heavy atom. The lowest BCUT2D eigenvalue weighted by molar-refractivity contribution is -0.131. The molecule has 2 aliphatic heterocycles. The number of carbonyl (C=O) groups excluding carboxylic acids is 2. The van der Waals surface area contributed by atoms with Gasteiger partial charge in [-0.1, -0.05) is 5.16 Å². The summed E-state index contributed by atoms with van der Waals surface area (Å²) in [5.74, 6) is -0.0140. The molecule has 2 aromatic heterocycles. The van der Waals surface area contributed by atoms with Crippen molar-refractivity contribution in [2.75, 3.05) is 32.7 Å². The summed E-state index contributed by atoms with van der Waals surface area (Å²) in [5, 5.41) is 7.65. The van der Waals surface area contributed by atoms with Crippen LogP contribution in [0.4, 0.5) is 0 Å². The predicted molar refractivity (Wildman–Crippen MR) is 92.8 cm³/mol. The van der Waals surface area contributed by atoms with Crippen LogP contribution in [0.5, 0.6) is 0 Å². The van der Waals surface area contributed by atoms with Gasteiger partial charge in [0.1, 0.15) is 6.04 Å². The van der Waals surface area contributed by atoms with E-state index in [9.17, 15) is 9.59 Å². The van der Waals surface area contributed by atoms with Crippen LogP contribution >= 0.6 is 0 Å². The van der Waals surface area contributed by atoms with E-state index in [2.05, 4.69) is 20.4 Å². The van der Waals surface area contributed by atoms with Gasteiger partial charge in [0, 0.05) is 38.4 Å². The first-order valence-corrected chi connectivity index (χ1v) is 9.22. The summed E-state index contributed by atoms with van der Waals surface area (Å²) >= 11 is 0. The molecule has 0 radical (unpaired) electrons. The molecule has 0 unspecified atom stereocenters. The molecule has 4 heterocycles. The zero-order chi connectivity index (χ0) is 17.8. The minimum atomic E-state index is -0.254. The van der Waals surface area contributed by atoms with Crippen molar-refractivity contribution >= 4 is 22.9 Å². The number of hydrogen-bond acceptors (Lipinski definition) is 6. The molecule has 0 spiro atoms. The standard InChI is InChI=1S/C18H21N5O3/c1-10-14-15(11-3-2-4-12(11)20-17(14)26-21-10)18(25)23-8-7-22-6-5-19-16(24)13(22)9-23/h13H,2-9H2,1H3,(H,19,24)/t13-/m0/s1. The monoisotopic (exact) mass is 355 g/mol. The second-order valence-corrected chi connectivity index (χ2v) is 7.31. The Balaban J connectivity index is 1.55. The van der Waals surface area contributed by atoms with Crippen LogP contribution in [0, 0.1) is 6.92 Å². The number of pyridine rings is 1. The smallest absolute Gasteiger partial charge is 0.259 e. The summed E-state index contributed by atoms with van der Waals surface area (Å²) in [6.07, 6.45) is 2.72. The Bertz CT molecular complexity index is 921. The molecule has 0 bridgehead atoms. The molecule has 3 aliphatic rings. The number of hydrogen-bond donors (Lipinski definition) is 1. The molecule has 2 saturated heterocycles. The molecule has 0 saturated carbocycles. The maximum atomic E-state index is 13.5. The largest absolute Gasteiger partial charge is 0.353 e. The van der Waals surface area contributed by atoms with Crippen molar-refractivity contribution in [2.24, 2.45) is 0 Å². The molecule has 5 rings (SSSR count). The number of nitrogens with one attached hydrogen (secondary N) is 1. The van der Waals surface area contributed by atoms with E-state index in [0.717, 1.165) is 49.0 Å². The van der Waals surface area contributed by atoms with Gasteiger partial charge in [-0.25, -0.2) is 4.98 Å². The molecule has 2 amide bonds. The van der Waals surface area contributed by atoms with Crippen LogP contribution in [-0.2, 0) is 17.6 Å². The van der Waals surface area contributed by atoms with Crippen LogP contribution in [0.1, 0.15) is 33.7 Å². The predicted octanol–water partition coefficient (Wildman–Crippen LogP) is 0.276. The molecular formula is C18H21N5O3. The molecule has 8 heteroatoms. The van der Waals surface area contributed by atoms with Crippen LogP contribution < -0.4 is 5.32 Å². The molecule has 1 atom stereocenters. The van der Waals surface area contributed by atoms with Crippen LogP contribution in [-0.4, -0.2) is 70.5 Å². The van der Waals surface area contributed by atoms with Gasteiger partial charge in [0.05, 0.1) is 16.6 Å². The lowest BCUT2D eigenvalue weighted by Gasteiger charge is -2.43. The first kappa shape index (κ1) is 15.7. The Kier molecular flexibility index (Phi) is 3.49. The fourth-order valence-corrected chi connectivity index (χ4v) is 4.47. The van der Waals surface area contributed by atoms with E-state index in [1.807, 2.05) is 11.8 Å². The lowest BCUT2D eigenvalue weighted by atomic mass is 10.00. The second-order valence-electron chi connectivity index (χ2n) is 7.31. The summed E-state index contributed by atoms with van der Waals surface area (Å²) in [6.45, 7) is 5.15. The molecule has 2 fully saturated rings. The Morgan fingerprint density at radius 3 is 3.04 bits per heavy atom. The number of piperazine rings is 2. The third-order valence-electron chi connectivity index (χ3n) is 5.81. The molecule has 8 nitrogen and oxygen atoms in total. The summed E-state index contributed by atoms with van der Waals surface area (Å²) < 4.78 is 5.35. The van der Waals surface area contributed by atoms with Crippen molar-refractivity contribution in [3.8, 4) is 0 Å². The van der Waals surface area contributed by atoms with E-state index in [1.54, 1.807) is 0 Å². The van der Waals surface area contributed by atoms with E-state index in [4.69, 9.17) is 4.52 Å². The number of fused-ring (bicyclic) bond motifs is 3. The van der Waals surface area contributed by atoms with Crippen molar-refractivity contribution < 1.29 is 14.1 Å². The Morgan fingerprint density at radius 2 is 2.15 bits per heavy atom. The summed E-state index contributed by atoms with van der Waals surface area (Å²) in [4.78, 5) is 34.3. The van der Waals surface area contributed by atoms with Gasteiger partial charge < -0.3 is 14.7 Å². The number of amides is 2. The molecule has 2 aromatic rings. The highest BCUT2D eigenvalue weighted by Gasteiger charge is 2.38. The number of nitrogens with zero attached hydrogens (tertiary/aromatic N) is 4. The minimum Gasteiger partial charge on any atom is -0.353 e. The van der Waals surface area contributed by atoms with E-state index in [-0.39, 0.29) is 17.9 Å². The molecule has 1 N–H and O–H groups in total. The number of aromatic nitrogens is 2. The highest BCUT2D eigenvalue weighted by atomic mass is 16.5. The fraction of sp³-hybridized carbons (Fsp3) is 0.556. The van der Waals surface area contributed by atoms with Gasteiger partial charge in [0.2, 0.25) is 5.91 Å². The summed E-state index contributed by atoms with van der Waals surface area (Å²) in [5.41, 5.74) is 3.81. The Hall–Kier alpha value is -2.48. The van der Waals surface area contributed by atoms with Crippen LogP contribution in [0.3, 0.4) is 0 Å². The Labute approximate surface area is 150 Å². The van der Waals surface area contributed by atoms with Crippen molar-refractivity contribution in [2.45, 2.75) is 32.2 Å². The number of aryl methyl sites for hydroxylation is 2. The van der Waals surface area contributed by atoms with Gasteiger partial charge in [0.15, 0.2) is 0 Å². The minimum absolute atomic E-state index is 0.0139. The zero-order valence-electron chi connectivity index (χ0n) is 14.7. The van der Waals surface area contributed by atoms with Crippen LogP contribution in [0.15, 0.2) is 4.52 Å². The second kappa shape index (κ2) is 5.77. The molecule has 26 heavy (non-hydrogen) atoms. The van der Waals surface area contributed by atoms with E-state index in [1.165, 1.54) is 0 Å². The lowest BCUT2D eigenvalue weighted by Crippen LogP contribution is -2.64. The van der Waals surface area contributed by atoms with Gasteiger partial charge in [-0.3, -0.25) is 14.5 Å². The zero-order valence-corrected chi connectivity index (χ0v) is 14.7. The van der Waals surface area contributed by atoms with Crippen molar-refractivity contribution in [1.82, 2.24) is 25.3 Å². The van der Waals surface area contributed by atoms with Crippen molar-refractivity contribution in [3.63, 3.8) is 0 Å². The first-order valence-electron chi connectivity index (χ1n) is 9.22. The van der Waals surface area contributed by atoms with E-state index in [0.29, 0.717) is 36.6 Å². The van der Waals surface area contributed by atoms with Gasteiger partial charge in [-0.15, -0.1) is 0 Å². The fourth-order valence-electron chi connectivity index (χ4n) is 4.47. The first-order chi connectivity index (χ1) is 12.6. The SMILES string of the molecule is Cc1noc2nc3c(c(C(=O)N4CCN5CCNC(=O)[C@@H]5C4)c12)CCC3. The van der Waals surface area contributed by atoms with Gasteiger partial charge in [-0.2, -0.15) is 0 Å². The molecule has 0 aromatic carbocycles. The summed E-state index contributed by atoms with van der Waals surface area (Å²) in [6, 6.07) is -0.254. The third-order valence-corrected chi connectivity index (χ3v) is 5.81. The highest BCUT2D eigenvalue weighted by molar-refractivity contribution is 6.08. The van der Waals surface area contributed by atoms with Crippen molar-refractivity contribution in [3.05, 3.63) is 22.5 Å². The topological polar surface area (TPSA) is 91.6 Å². The number of carbonyl (C=O) groups is 2. The van der Waals surface area contributed by atoms with E-state index < -0.39 is 0 Å². The van der Waals surface area contributed by atoms with Crippen LogP contribution in [0.25, 0.3) is 11.1 Å². The van der Waals surface area contributed by atoms with E-state index >= 15 is 0 Å². The number of rotatable bonds is 1. The summed E-state index contributed by atoms with van der Waals surface area (Å²) in [7, 11) is 0. The third kappa shape index (κ3) is 2.25. The van der Waals surface area contributed by atoms with Gasteiger partial charge in [-0.05, 0) is 31.7 Å². The quantitative estimate of drug-likeness (QED) is 0.790. The highest BCUT2D eigenvalue weighted by Crippen LogP contribution is 2.33. The normalized spacial score (nSPS) is 23.0. The van der Waals surface area contributed by atoms with Gasteiger partial charge >= 0.3 is 0 Å². The van der Waals surface area contributed by atoms with Crippen LogP contribution in [0.2, 0.25) is 0 Å². The average Bonchev–Trinajstić information content (AvgIpc) is 3.26. The molecular weight excluding hydrogens is 334 g/mol. The molecule has 136 valence electrons. The maximum Gasteiger partial charge on any atom is 0.259 e. The van der Waals surface area contributed by atoms with Crippen molar-refractivity contribution in [1.29, 1.82) is 0 Å². The van der Waals surface area contributed by atoms with Gasteiger partial charge in [0.25, 0.3) is 11.6 Å². The molecule has 1 aliphatic carbocycles. The maximum absolute atomic E-state index is 13.5. The average molecular weight is 355 g/mol.